The second-order valence-corrected chi connectivity index (χ2v) is 15.0. The molecular weight excluding hydrogens is 656 g/mol. The highest BCUT2D eigenvalue weighted by Crippen LogP contribution is 2.46. The van der Waals surface area contributed by atoms with E-state index in [-0.39, 0.29) is 24.2 Å². The predicted molar refractivity (Wildman–Crippen MR) is 194 cm³/mol. The Hall–Kier alpha value is -5.60. The molecule has 3 aliphatic heterocycles. The van der Waals surface area contributed by atoms with Crippen molar-refractivity contribution in [2.24, 2.45) is 0 Å². The molecule has 2 saturated heterocycles. The van der Waals surface area contributed by atoms with Crippen LogP contribution in [0.2, 0.25) is 0 Å². The van der Waals surface area contributed by atoms with Crippen molar-refractivity contribution in [3.63, 3.8) is 0 Å². The standard InChI is InChI=1S/C41H40N6O5/c1-5-24-18-29-30(41(2,3)37-35(36(29)49)27-9-6-22(20-42)17-31(27)43-37)19-33(24)46-14-12-25(13-15-46)45(4)21-23-7-8-26-28(16-23)40(52)47(39(26)51)32-10-11-34(48)44-38(32)50/h6-9,16-19,25,32,43H,5,10-15,21H2,1-4H3,(H,44,48,50). The number of aromatic nitrogens is 1. The zero-order valence-electron chi connectivity index (χ0n) is 29.8. The molecule has 1 atom stereocenters. The van der Waals surface area contributed by atoms with Gasteiger partial charge in [0.1, 0.15) is 6.04 Å². The fourth-order valence-electron chi connectivity index (χ4n) is 8.74. The van der Waals surface area contributed by atoms with Crippen LogP contribution in [-0.4, -0.2) is 76.4 Å². The third-order valence-electron chi connectivity index (χ3n) is 11.7. The molecule has 1 aromatic heterocycles. The van der Waals surface area contributed by atoms with Gasteiger partial charge in [-0.05, 0) is 85.8 Å². The number of H-pyrrole nitrogens is 1. The number of rotatable bonds is 6. The summed E-state index contributed by atoms with van der Waals surface area (Å²) in [5.74, 6) is -2.00. The number of nitriles is 1. The molecular formula is C41H40N6O5. The van der Waals surface area contributed by atoms with Gasteiger partial charge in [-0.1, -0.05) is 32.9 Å². The first kappa shape index (κ1) is 33.5. The molecule has 0 bridgehead atoms. The van der Waals surface area contributed by atoms with Crippen molar-refractivity contribution in [2.45, 2.75) is 76.9 Å². The van der Waals surface area contributed by atoms with Gasteiger partial charge in [0.25, 0.3) is 11.8 Å². The Balaban J connectivity index is 0.979. The highest BCUT2D eigenvalue weighted by Gasteiger charge is 2.45. The van der Waals surface area contributed by atoms with Gasteiger partial charge < -0.3 is 9.88 Å². The number of ketones is 1. The summed E-state index contributed by atoms with van der Waals surface area (Å²) in [5.41, 5.74) is 8.02. The predicted octanol–water partition coefficient (Wildman–Crippen LogP) is 4.97. The molecule has 8 rings (SSSR count). The van der Waals surface area contributed by atoms with E-state index >= 15 is 0 Å². The average molecular weight is 697 g/mol. The average Bonchev–Trinajstić information content (AvgIpc) is 3.65. The molecule has 4 aliphatic rings. The first-order chi connectivity index (χ1) is 24.9. The molecule has 0 spiro atoms. The normalized spacial score (nSPS) is 19.9. The van der Waals surface area contributed by atoms with E-state index in [0.29, 0.717) is 29.3 Å². The van der Waals surface area contributed by atoms with Gasteiger partial charge >= 0.3 is 0 Å². The number of hydrogen-bond acceptors (Lipinski definition) is 8. The highest BCUT2D eigenvalue weighted by molar-refractivity contribution is 6.23. The number of carbonyl (C=O) groups is 5. The van der Waals surface area contributed by atoms with Gasteiger partial charge in [0.15, 0.2) is 5.78 Å². The Kier molecular flexibility index (Phi) is 7.91. The van der Waals surface area contributed by atoms with Gasteiger partial charge in [0.2, 0.25) is 11.8 Å². The van der Waals surface area contributed by atoms with Gasteiger partial charge in [-0.3, -0.25) is 39.1 Å². The molecule has 2 N–H and O–H groups in total. The zero-order chi connectivity index (χ0) is 36.6. The number of nitrogens with one attached hydrogen (secondary N) is 2. The third-order valence-corrected chi connectivity index (χ3v) is 11.7. The van der Waals surface area contributed by atoms with Gasteiger partial charge in [-0.2, -0.15) is 5.26 Å². The zero-order valence-corrected chi connectivity index (χ0v) is 29.8. The van der Waals surface area contributed by atoms with Crippen LogP contribution in [0.3, 0.4) is 0 Å². The fourth-order valence-corrected chi connectivity index (χ4v) is 8.74. The lowest BCUT2D eigenvalue weighted by atomic mass is 9.70. The van der Waals surface area contributed by atoms with Crippen molar-refractivity contribution in [1.82, 2.24) is 20.1 Å². The molecule has 3 aromatic carbocycles. The van der Waals surface area contributed by atoms with E-state index in [1.807, 2.05) is 18.2 Å². The van der Waals surface area contributed by atoms with E-state index in [1.54, 1.807) is 18.2 Å². The minimum atomic E-state index is -0.985. The smallest absolute Gasteiger partial charge is 0.262 e. The largest absolute Gasteiger partial charge is 0.371 e. The number of imide groups is 2. The molecule has 52 heavy (non-hydrogen) atoms. The summed E-state index contributed by atoms with van der Waals surface area (Å²) in [7, 11) is 2.08. The number of nitrogens with zero attached hydrogens (tertiary/aromatic N) is 4. The number of carbonyl (C=O) groups excluding carboxylic acids is 5. The first-order valence-corrected chi connectivity index (χ1v) is 18.0. The quantitative estimate of drug-likeness (QED) is 0.269. The van der Waals surface area contributed by atoms with Crippen molar-refractivity contribution in [3.8, 4) is 6.07 Å². The van der Waals surface area contributed by atoms with Crippen LogP contribution in [-0.2, 0) is 28.0 Å². The second-order valence-electron chi connectivity index (χ2n) is 15.0. The van der Waals surface area contributed by atoms with Crippen LogP contribution < -0.4 is 10.2 Å². The first-order valence-electron chi connectivity index (χ1n) is 18.0. The molecule has 1 unspecified atom stereocenters. The summed E-state index contributed by atoms with van der Waals surface area (Å²) < 4.78 is 0. The lowest BCUT2D eigenvalue weighted by molar-refractivity contribution is -0.136. The maximum atomic E-state index is 14.1. The molecule has 4 heterocycles. The van der Waals surface area contributed by atoms with Crippen LogP contribution in [0.25, 0.3) is 10.9 Å². The lowest BCUT2D eigenvalue weighted by Crippen LogP contribution is -2.54. The summed E-state index contributed by atoms with van der Waals surface area (Å²) in [5, 5.41) is 12.5. The Bertz CT molecular complexity index is 2290. The maximum absolute atomic E-state index is 14.1. The number of aromatic amines is 1. The SMILES string of the molecule is CCc1cc2c(cc1N1CCC(N(C)Cc3ccc4c(c3)C(=O)N(C3CCC(=O)NC3=O)C4=O)CC1)C(C)(C)c1[nH]c3cc(C#N)ccc3c1C2=O. The molecule has 11 nitrogen and oxygen atoms in total. The van der Waals surface area contributed by atoms with Crippen LogP contribution in [0.15, 0.2) is 48.5 Å². The molecule has 4 aromatic rings. The van der Waals surface area contributed by atoms with Crippen molar-refractivity contribution in [1.29, 1.82) is 5.26 Å². The summed E-state index contributed by atoms with van der Waals surface area (Å²) in [6.45, 7) is 8.73. The number of aryl methyl sites for hydroxylation is 1. The van der Waals surface area contributed by atoms with Gasteiger partial charge in [0, 0.05) is 65.4 Å². The molecule has 0 radical (unpaired) electrons. The van der Waals surface area contributed by atoms with Crippen LogP contribution >= 0.6 is 0 Å². The Morgan fingerprint density at radius 2 is 1.67 bits per heavy atom. The van der Waals surface area contributed by atoms with Gasteiger partial charge in [0.05, 0.1) is 28.3 Å². The lowest BCUT2D eigenvalue weighted by Gasteiger charge is -2.40. The van der Waals surface area contributed by atoms with Crippen molar-refractivity contribution >= 4 is 46.0 Å². The fraction of sp³-hybridized carbons (Fsp3) is 0.366. The number of piperidine rings is 2. The molecule has 2 fully saturated rings. The molecule has 264 valence electrons. The van der Waals surface area contributed by atoms with Gasteiger partial charge in [-0.25, -0.2) is 0 Å². The molecule has 1 aliphatic carbocycles. The Labute approximate surface area is 301 Å². The Morgan fingerprint density at radius 3 is 2.38 bits per heavy atom. The van der Waals surface area contributed by atoms with Crippen LogP contribution in [0.1, 0.15) is 111 Å². The van der Waals surface area contributed by atoms with Crippen molar-refractivity contribution < 1.29 is 24.0 Å². The van der Waals surface area contributed by atoms with E-state index in [9.17, 15) is 29.2 Å². The van der Waals surface area contributed by atoms with Crippen LogP contribution in [0.4, 0.5) is 5.69 Å². The summed E-state index contributed by atoms with van der Waals surface area (Å²) in [6, 6.07) is 16.6. The summed E-state index contributed by atoms with van der Waals surface area (Å²) in [4.78, 5) is 73.9. The Morgan fingerprint density at radius 1 is 0.923 bits per heavy atom. The highest BCUT2D eigenvalue weighted by atomic mass is 16.2. The molecule has 11 heteroatoms. The minimum Gasteiger partial charge on any atom is -0.371 e. The van der Waals surface area contributed by atoms with E-state index < -0.39 is 35.1 Å². The van der Waals surface area contributed by atoms with Crippen molar-refractivity contribution in [2.75, 3.05) is 25.0 Å². The topological polar surface area (TPSA) is 147 Å². The van der Waals surface area contributed by atoms with E-state index in [2.05, 4.69) is 66.1 Å². The molecule has 0 saturated carbocycles. The molecule has 4 amide bonds. The van der Waals surface area contributed by atoms with E-state index in [1.165, 1.54) is 0 Å². The number of fused-ring (bicyclic) bond motifs is 5. The van der Waals surface area contributed by atoms with E-state index in [0.717, 1.165) is 81.8 Å². The minimum absolute atomic E-state index is 0.0168. The number of hydrogen-bond donors (Lipinski definition) is 2. The van der Waals surface area contributed by atoms with Gasteiger partial charge in [-0.15, -0.1) is 0 Å². The second kappa shape index (κ2) is 12.3. The van der Waals surface area contributed by atoms with Crippen molar-refractivity contribution in [3.05, 3.63) is 98.7 Å². The third kappa shape index (κ3) is 5.15. The van der Waals surface area contributed by atoms with E-state index in [4.69, 9.17) is 0 Å². The monoisotopic (exact) mass is 696 g/mol. The van der Waals surface area contributed by atoms with Crippen LogP contribution in [0, 0.1) is 11.3 Å². The number of benzene rings is 3. The van der Waals surface area contributed by atoms with Crippen LogP contribution in [0.5, 0.6) is 0 Å². The maximum Gasteiger partial charge on any atom is 0.262 e. The summed E-state index contributed by atoms with van der Waals surface area (Å²) >= 11 is 0. The number of amides is 4. The number of anilines is 1. The summed E-state index contributed by atoms with van der Waals surface area (Å²) in [6.07, 6.45) is 2.86.